The quantitative estimate of drug-likeness (QED) is 0.550. The third-order valence-corrected chi connectivity index (χ3v) is 1.22. The molecular weight excluding hydrogens is 138 g/mol. The molecule has 0 aliphatic carbocycles. The van der Waals surface area contributed by atoms with Gasteiger partial charge >= 0.3 is 0 Å². The van der Waals surface area contributed by atoms with Gasteiger partial charge in [-0.25, -0.2) is 0 Å². The minimum absolute atomic E-state index is 0.431. The van der Waals surface area contributed by atoms with E-state index in [1.807, 2.05) is 6.08 Å². The van der Waals surface area contributed by atoms with E-state index in [1.165, 1.54) is 0 Å². The van der Waals surface area contributed by atoms with Crippen molar-refractivity contribution in [2.45, 2.75) is 0 Å². The molecule has 1 rings (SSSR count). The number of carbonyl (C=O) groups is 1. The molecule has 48 valence electrons. The zero-order valence-corrected chi connectivity index (χ0v) is 5.48. The Labute approximate surface area is 58.2 Å². The monoisotopic (exact) mass is 143 g/mol. The Hall–Kier alpha value is -0.760. The minimum atomic E-state index is -0.431. The highest BCUT2D eigenvalue weighted by molar-refractivity contribution is 6.67. The summed E-state index contributed by atoms with van der Waals surface area (Å²) in [5.41, 5.74) is 0.471. The third kappa shape index (κ3) is 1.57. The van der Waals surface area contributed by atoms with E-state index in [4.69, 9.17) is 11.6 Å². The molecule has 0 saturated carbocycles. The first-order chi connectivity index (χ1) is 4.30. The summed E-state index contributed by atoms with van der Waals surface area (Å²) in [5, 5.41) is 2.38. The number of rotatable bonds is 1. The fourth-order valence-electron chi connectivity index (χ4n) is 0.595. The summed E-state index contributed by atoms with van der Waals surface area (Å²) >= 11 is 5.15. The van der Waals surface area contributed by atoms with Crippen molar-refractivity contribution < 1.29 is 4.79 Å². The van der Waals surface area contributed by atoms with Gasteiger partial charge in [-0.05, 0) is 17.7 Å². The van der Waals surface area contributed by atoms with Crippen molar-refractivity contribution >= 4 is 16.8 Å². The van der Waals surface area contributed by atoms with Crippen molar-refractivity contribution in [1.29, 1.82) is 0 Å². The molecule has 0 aromatic carbocycles. The molecule has 1 N–H and O–H groups in total. The SMILES string of the molecule is O=C(Cl)C1=CC=CCN1. The van der Waals surface area contributed by atoms with Crippen LogP contribution in [0.15, 0.2) is 23.9 Å². The van der Waals surface area contributed by atoms with Crippen molar-refractivity contribution in [3.05, 3.63) is 23.9 Å². The number of nitrogens with one attached hydrogen (secondary N) is 1. The molecule has 0 atom stereocenters. The van der Waals surface area contributed by atoms with Gasteiger partial charge in [0.25, 0.3) is 5.24 Å². The van der Waals surface area contributed by atoms with Gasteiger partial charge < -0.3 is 5.32 Å². The van der Waals surface area contributed by atoms with Gasteiger partial charge in [-0.1, -0.05) is 12.2 Å². The number of halogens is 1. The van der Waals surface area contributed by atoms with Crippen molar-refractivity contribution in [2.75, 3.05) is 6.54 Å². The lowest BCUT2D eigenvalue weighted by molar-refractivity contribution is -0.108. The van der Waals surface area contributed by atoms with Crippen LogP contribution in [-0.2, 0) is 4.79 Å². The zero-order valence-electron chi connectivity index (χ0n) is 4.73. The normalized spacial score (nSPS) is 16.3. The van der Waals surface area contributed by atoms with Crippen LogP contribution in [0.4, 0.5) is 0 Å². The number of dihydropyridines is 1. The molecule has 0 aromatic heterocycles. The number of carbonyl (C=O) groups excluding carboxylic acids is 1. The number of hydrogen-bond donors (Lipinski definition) is 1. The largest absolute Gasteiger partial charge is 0.378 e. The average molecular weight is 144 g/mol. The van der Waals surface area contributed by atoms with Gasteiger partial charge in [0.15, 0.2) is 0 Å². The highest BCUT2D eigenvalue weighted by Gasteiger charge is 2.03. The maximum absolute atomic E-state index is 10.4. The summed E-state index contributed by atoms with van der Waals surface area (Å²) in [7, 11) is 0. The van der Waals surface area contributed by atoms with E-state index in [9.17, 15) is 4.79 Å². The Balaban J connectivity index is 2.68. The van der Waals surface area contributed by atoms with Crippen molar-refractivity contribution in [1.82, 2.24) is 5.32 Å². The molecule has 0 fully saturated rings. The molecule has 0 aromatic rings. The predicted molar refractivity (Wildman–Crippen MR) is 36.1 cm³/mol. The van der Waals surface area contributed by atoms with Crippen LogP contribution < -0.4 is 5.32 Å². The van der Waals surface area contributed by atoms with E-state index in [0.29, 0.717) is 12.2 Å². The van der Waals surface area contributed by atoms with Gasteiger partial charge in [0.1, 0.15) is 0 Å². The molecule has 0 unspecified atom stereocenters. The summed E-state index contributed by atoms with van der Waals surface area (Å²) in [6.07, 6.45) is 5.36. The van der Waals surface area contributed by atoms with E-state index in [1.54, 1.807) is 12.2 Å². The number of hydrogen-bond acceptors (Lipinski definition) is 2. The molecule has 0 radical (unpaired) electrons. The van der Waals surface area contributed by atoms with Crippen molar-refractivity contribution in [3.8, 4) is 0 Å². The Morgan fingerprint density at radius 1 is 1.78 bits per heavy atom. The zero-order chi connectivity index (χ0) is 6.69. The smallest absolute Gasteiger partial charge is 0.268 e. The van der Waals surface area contributed by atoms with Crippen LogP contribution in [0.1, 0.15) is 0 Å². The first kappa shape index (κ1) is 6.36. The maximum atomic E-state index is 10.4. The first-order valence-electron chi connectivity index (χ1n) is 2.61. The van der Waals surface area contributed by atoms with Crippen LogP contribution in [0.2, 0.25) is 0 Å². The van der Waals surface area contributed by atoms with Gasteiger partial charge in [-0.2, -0.15) is 0 Å². The topological polar surface area (TPSA) is 29.1 Å². The van der Waals surface area contributed by atoms with Gasteiger partial charge in [0, 0.05) is 6.54 Å². The lowest BCUT2D eigenvalue weighted by Gasteiger charge is -2.05. The maximum Gasteiger partial charge on any atom is 0.268 e. The van der Waals surface area contributed by atoms with E-state index < -0.39 is 5.24 Å². The second-order valence-corrected chi connectivity index (χ2v) is 2.01. The molecule has 9 heavy (non-hydrogen) atoms. The molecule has 3 heteroatoms. The van der Waals surface area contributed by atoms with E-state index in [2.05, 4.69) is 5.32 Å². The van der Waals surface area contributed by atoms with Crippen LogP contribution in [0, 0.1) is 0 Å². The highest BCUT2D eigenvalue weighted by atomic mass is 35.5. The summed E-state index contributed by atoms with van der Waals surface area (Å²) < 4.78 is 0. The molecule has 1 heterocycles. The summed E-state index contributed by atoms with van der Waals surface area (Å²) in [6, 6.07) is 0. The molecule has 0 bridgehead atoms. The van der Waals surface area contributed by atoms with Gasteiger partial charge in [0.2, 0.25) is 0 Å². The Bertz CT molecular complexity index is 183. The lowest BCUT2D eigenvalue weighted by atomic mass is 10.3. The summed E-state index contributed by atoms with van der Waals surface area (Å²) in [6.45, 7) is 0.685. The van der Waals surface area contributed by atoms with Crippen LogP contribution in [-0.4, -0.2) is 11.8 Å². The summed E-state index contributed by atoms with van der Waals surface area (Å²) in [5.74, 6) is 0. The molecule has 1 aliphatic heterocycles. The van der Waals surface area contributed by atoms with E-state index in [-0.39, 0.29) is 0 Å². The van der Waals surface area contributed by atoms with Crippen molar-refractivity contribution in [3.63, 3.8) is 0 Å². The predicted octanol–water partition coefficient (Wildman–Crippen LogP) is 0.795. The first-order valence-corrected chi connectivity index (χ1v) is 2.99. The average Bonchev–Trinajstić information content (AvgIpc) is 1.90. The molecule has 2 nitrogen and oxygen atoms in total. The Kier molecular flexibility index (Phi) is 1.90. The Morgan fingerprint density at radius 3 is 2.89 bits per heavy atom. The molecule has 1 aliphatic rings. The summed E-state index contributed by atoms with van der Waals surface area (Å²) in [4.78, 5) is 10.4. The van der Waals surface area contributed by atoms with Crippen LogP contribution >= 0.6 is 11.6 Å². The molecular formula is C6H6ClNO. The standard InChI is InChI=1S/C6H6ClNO/c7-6(9)5-3-1-2-4-8-5/h1-3,8H,4H2. The van der Waals surface area contributed by atoms with Gasteiger partial charge in [-0.3, -0.25) is 4.79 Å². The second kappa shape index (κ2) is 2.69. The second-order valence-electron chi connectivity index (χ2n) is 1.66. The van der Waals surface area contributed by atoms with Crippen LogP contribution in [0.3, 0.4) is 0 Å². The van der Waals surface area contributed by atoms with Crippen LogP contribution in [0.25, 0.3) is 0 Å². The third-order valence-electron chi connectivity index (χ3n) is 1.02. The molecule has 0 saturated heterocycles. The minimum Gasteiger partial charge on any atom is -0.378 e. The van der Waals surface area contributed by atoms with Gasteiger partial charge in [-0.15, -0.1) is 0 Å². The van der Waals surface area contributed by atoms with E-state index in [0.717, 1.165) is 0 Å². The fourth-order valence-corrected chi connectivity index (χ4v) is 0.725. The highest BCUT2D eigenvalue weighted by Crippen LogP contribution is 1.99. The number of allylic oxidation sites excluding steroid dienone is 3. The Morgan fingerprint density at radius 2 is 2.56 bits per heavy atom. The van der Waals surface area contributed by atoms with Crippen molar-refractivity contribution in [2.24, 2.45) is 0 Å². The fraction of sp³-hybridized carbons (Fsp3) is 0.167. The van der Waals surface area contributed by atoms with Crippen LogP contribution in [0.5, 0.6) is 0 Å². The lowest BCUT2D eigenvalue weighted by Crippen LogP contribution is -2.19. The van der Waals surface area contributed by atoms with E-state index >= 15 is 0 Å². The molecule has 0 amide bonds. The molecule has 0 spiro atoms. The van der Waals surface area contributed by atoms with Gasteiger partial charge in [0.05, 0.1) is 5.70 Å².